The molecule has 2 aromatic carbocycles. The summed E-state index contributed by atoms with van der Waals surface area (Å²) in [5.41, 5.74) is 6.61. The summed E-state index contributed by atoms with van der Waals surface area (Å²) in [4.78, 5) is 12.5. The number of carbonyl (C=O) groups is 1. The average molecular weight is 290 g/mol. The first-order chi connectivity index (χ1) is 9.95. The van der Waals surface area contributed by atoms with Gasteiger partial charge in [-0.2, -0.15) is 0 Å². The number of nitrogens with two attached hydrogens (primary N) is 1. The molecule has 0 bridgehead atoms. The van der Waals surface area contributed by atoms with E-state index in [2.05, 4.69) is 0 Å². The maximum atomic E-state index is 13.8. The van der Waals surface area contributed by atoms with Crippen LogP contribution in [0.2, 0.25) is 0 Å². The van der Waals surface area contributed by atoms with Crippen LogP contribution in [0.25, 0.3) is 0 Å². The van der Waals surface area contributed by atoms with E-state index in [0.29, 0.717) is 17.1 Å². The van der Waals surface area contributed by atoms with E-state index >= 15 is 0 Å². The van der Waals surface area contributed by atoms with Crippen molar-refractivity contribution in [1.82, 2.24) is 0 Å². The van der Waals surface area contributed by atoms with E-state index in [-0.39, 0.29) is 5.69 Å². The molecule has 21 heavy (non-hydrogen) atoms. The Bertz CT molecular complexity index is 689. The van der Waals surface area contributed by atoms with Crippen molar-refractivity contribution in [1.29, 1.82) is 0 Å². The van der Waals surface area contributed by atoms with Gasteiger partial charge in [0.25, 0.3) is 0 Å². The minimum Gasteiger partial charge on any atom is -0.495 e. The predicted octanol–water partition coefficient (Wildman–Crippen LogP) is 2.88. The SMILES string of the molecule is COc1ccccc1N(C)c1cc(F)c(C(=O)O)cc1N. The second kappa shape index (κ2) is 5.70. The van der Waals surface area contributed by atoms with Crippen molar-refractivity contribution in [3.05, 3.63) is 47.8 Å². The van der Waals surface area contributed by atoms with Crippen LogP contribution >= 0.6 is 0 Å². The van der Waals surface area contributed by atoms with Gasteiger partial charge in [0.05, 0.1) is 29.7 Å². The van der Waals surface area contributed by atoms with Gasteiger partial charge in [-0.3, -0.25) is 0 Å². The first-order valence-electron chi connectivity index (χ1n) is 6.14. The van der Waals surface area contributed by atoms with E-state index in [4.69, 9.17) is 15.6 Å². The van der Waals surface area contributed by atoms with Gasteiger partial charge in [-0.15, -0.1) is 0 Å². The standard InChI is InChI=1S/C15H15FN2O3/c1-18(12-5-3-4-6-14(12)21-2)13-8-10(16)9(15(19)20)7-11(13)17/h3-8H,17H2,1-2H3,(H,19,20). The van der Waals surface area contributed by atoms with Crippen molar-refractivity contribution < 1.29 is 19.0 Å². The number of nitrogens with zero attached hydrogens (tertiary/aromatic N) is 1. The maximum absolute atomic E-state index is 13.8. The molecule has 0 heterocycles. The number of aromatic carboxylic acids is 1. The third-order valence-corrected chi connectivity index (χ3v) is 3.15. The molecule has 0 atom stereocenters. The molecule has 0 aliphatic rings. The predicted molar refractivity (Wildman–Crippen MR) is 78.8 cm³/mol. The fourth-order valence-corrected chi connectivity index (χ4v) is 2.07. The highest BCUT2D eigenvalue weighted by Crippen LogP contribution is 2.36. The summed E-state index contributed by atoms with van der Waals surface area (Å²) in [5, 5.41) is 8.89. The smallest absolute Gasteiger partial charge is 0.338 e. The van der Waals surface area contributed by atoms with Crippen LogP contribution in [0.5, 0.6) is 5.75 Å². The Hall–Kier alpha value is -2.76. The van der Waals surface area contributed by atoms with Gasteiger partial charge in [0, 0.05) is 13.1 Å². The number of benzene rings is 2. The Labute approximate surface area is 121 Å². The second-order valence-electron chi connectivity index (χ2n) is 4.43. The molecular weight excluding hydrogens is 275 g/mol. The van der Waals surface area contributed by atoms with Crippen molar-refractivity contribution in [3.63, 3.8) is 0 Å². The molecule has 2 aromatic rings. The van der Waals surface area contributed by atoms with Crippen molar-refractivity contribution in [2.45, 2.75) is 0 Å². The summed E-state index contributed by atoms with van der Waals surface area (Å²) in [6.45, 7) is 0. The van der Waals surface area contributed by atoms with Crippen LogP contribution in [0.1, 0.15) is 10.4 Å². The highest BCUT2D eigenvalue weighted by Gasteiger charge is 2.18. The number of hydrogen-bond acceptors (Lipinski definition) is 4. The monoisotopic (exact) mass is 290 g/mol. The van der Waals surface area contributed by atoms with E-state index in [9.17, 15) is 9.18 Å². The minimum atomic E-state index is -1.36. The number of carboxylic acid groups (broad SMARTS) is 1. The van der Waals surface area contributed by atoms with Crippen molar-refractivity contribution in [2.75, 3.05) is 24.8 Å². The molecule has 0 saturated carbocycles. The van der Waals surface area contributed by atoms with Gasteiger partial charge in [0.1, 0.15) is 11.6 Å². The first-order valence-corrected chi connectivity index (χ1v) is 6.14. The zero-order chi connectivity index (χ0) is 15.6. The van der Waals surface area contributed by atoms with Crippen molar-refractivity contribution >= 4 is 23.0 Å². The third-order valence-electron chi connectivity index (χ3n) is 3.15. The molecule has 0 unspecified atom stereocenters. The number of anilines is 3. The molecule has 3 N–H and O–H groups in total. The first kappa shape index (κ1) is 14.6. The summed E-state index contributed by atoms with van der Waals surface area (Å²) in [5.74, 6) is -1.60. The number of para-hydroxylation sites is 2. The van der Waals surface area contributed by atoms with Crippen molar-refractivity contribution in [2.24, 2.45) is 0 Å². The van der Waals surface area contributed by atoms with Crippen LogP contribution in [0.15, 0.2) is 36.4 Å². The number of nitrogen functional groups attached to an aromatic ring is 1. The summed E-state index contributed by atoms with van der Waals surface area (Å²) in [7, 11) is 3.23. The van der Waals surface area contributed by atoms with Crippen LogP contribution < -0.4 is 15.4 Å². The average Bonchev–Trinajstić information content (AvgIpc) is 2.48. The van der Waals surface area contributed by atoms with Gasteiger partial charge in [-0.1, -0.05) is 12.1 Å². The number of hydrogen-bond donors (Lipinski definition) is 2. The number of rotatable bonds is 4. The fraction of sp³-hybridized carbons (Fsp3) is 0.133. The Morgan fingerprint density at radius 1 is 1.29 bits per heavy atom. The maximum Gasteiger partial charge on any atom is 0.338 e. The highest BCUT2D eigenvalue weighted by molar-refractivity contribution is 5.91. The number of ether oxygens (including phenoxy) is 1. The van der Waals surface area contributed by atoms with Crippen LogP contribution in [-0.2, 0) is 0 Å². The summed E-state index contributed by atoms with van der Waals surface area (Å²) < 4.78 is 19.1. The van der Waals surface area contributed by atoms with E-state index < -0.39 is 17.3 Å². The molecule has 5 nitrogen and oxygen atoms in total. The largest absolute Gasteiger partial charge is 0.495 e. The van der Waals surface area contributed by atoms with E-state index in [1.54, 1.807) is 24.1 Å². The highest BCUT2D eigenvalue weighted by atomic mass is 19.1. The van der Waals surface area contributed by atoms with Gasteiger partial charge in [-0.05, 0) is 18.2 Å². The van der Waals surface area contributed by atoms with Gasteiger partial charge in [0.15, 0.2) is 0 Å². The Morgan fingerprint density at radius 2 is 1.95 bits per heavy atom. The van der Waals surface area contributed by atoms with Gasteiger partial charge in [-0.25, -0.2) is 9.18 Å². The molecule has 0 spiro atoms. The molecule has 0 aliphatic heterocycles. The Balaban J connectivity index is 2.51. The Morgan fingerprint density at radius 3 is 2.57 bits per heavy atom. The van der Waals surface area contributed by atoms with E-state index in [0.717, 1.165) is 12.1 Å². The quantitative estimate of drug-likeness (QED) is 0.847. The van der Waals surface area contributed by atoms with Crippen LogP contribution in [0, 0.1) is 5.82 Å². The molecular formula is C15H15FN2O3. The lowest BCUT2D eigenvalue weighted by Crippen LogP contribution is -2.14. The lowest BCUT2D eigenvalue weighted by molar-refractivity contribution is 0.0692. The molecule has 2 rings (SSSR count). The molecule has 0 amide bonds. The number of carboxylic acids is 1. The minimum absolute atomic E-state index is 0.169. The zero-order valence-electron chi connectivity index (χ0n) is 11.6. The van der Waals surface area contributed by atoms with E-state index in [1.807, 2.05) is 12.1 Å². The normalized spacial score (nSPS) is 10.2. The molecule has 110 valence electrons. The molecule has 0 saturated heterocycles. The number of methoxy groups -OCH3 is 1. The summed E-state index contributed by atoms with van der Waals surface area (Å²) >= 11 is 0. The van der Waals surface area contributed by atoms with Gasteiger partial charge in [0.2, 0.25) is 0 Å². The summed E-state index contributed by atoms with van der Waals surface area (Å²) in [6, 6.07) is 9.40. The van der Waals surface area contributed by atoms with Gasteiger partial charge < -0.3 is 20.5 Å². The van der Waals surface area contributed by atoms with Crippen molar-refractivity contribution in [3.8, 4) is 5.75 Å². The molecule has 0 aliphatic carbocycles. The molecule has 0 radical (unpaired) electrons. The van der Waals surface area contributed by atoms with Crippen LogP contribution in [-0.4, -0.2) is 25.2 Å². The molecule has 6 heteroatoms. The van der Waals surface area contributed by atoms with E-state index in [1.165, 1.54) is 7.11 Å². The summed E-state index contributed by atoms with van der Waals surface area (Å²) in [6.07, 6.45) is 0. The molecule has 0 aromatic heterocycles. The fourth-order valence-electron chi connectivity index (χ4n) is 2.07. The van der Waals surface area contributed by atoms with Gasteiger partial charge >= 0.3 is 5.97 Å². The zero-order valence-corrected chi connectivity index (χ0v) is 11.6. The molecule has 0 fully saturated rings. The lowest BCUT2D eigenvalue weighted by Gasteiger charge is -2.23. The van der Waals surface area contributed by atoms with Crippen LogP contribution in [0.3, 0.4) is 0 Å². The van der Waals surface area contributed by atoms with Crippen LogP contribution in [0.4, 0.5) is 21.5 Å². The Kier molecular flexibility index (Phi) is 3.98. The second-order valence-corrected chi connectivity index (χ2v) is 4.43. The third kappa shape index (κ3) is 2.74. The number of halogens is 1. The lowest BCUT2D eigenvalue weighted by atomic mass is 10.1. The topological polar surface area (TPSA) is 75.8 Å².